The zero-order valence-corrected chi connectivity index (χ0v) is 11.5. The monoisotopic (exact) mass is 271 g/mol. The topological polar surface area (TPSA) is 76.2 Å². The van der Waals surface area contributed by atoms with Crippen molar-refractivity contribution in [3.63, 3.8) is 0 Å². The number of hydrogen-bond donors (Lipinski definition) is 2. The molecule has 0 saturated heterocycles. The predicted octanol–water partition coefficient (Wildman–Crippen LogP) is 1.01. The summed E-state index contributed by atoms with van der Waals surface area (Å²) in [5, 5.41) is 2.80. The van der Waals surface area contributed by atoms with Gasteiger partial charge in [0, 0.05) is 43.4 Å². The molecule has 0 bridgehead atoms. The van der Waals surface area contributed by atoms with Crippen molar-refractivity contribution < 1.29 is 4.79 Å². The SMILES string of the molecule is CN(Cc1nccn1C)c1ccc2c(c1)NC(=O)C2N. The molecule has 3 N–H and O–H groups in total. The maximum Gasteiger partial charge on any atom is 0.245 e. The Hall–Kier alpha value is -2.34. The minimum atomic E-state index is -0.557. The molecular formula is C14H17N5O. The fourth-order valence-electron chi connectivity index (χ4n) is 2.37. The molecule has 0 aliphatic carbocycles. The summed E-state index contributed by atoms with van der Waals surface area (Å²) in [7, 11) is 3.96. The lowest BCUT2D eigenvalue weighted by Gasteiger charge is -2.19. The van der Waals surface area contributed by atoms with Crippen molar-refractivity contribution >= 4 is 17.3 Å². The molecular weight excluding hydrogens is 254 g/mol. The van der Waals surface area contributed by atoms with Crippen LogP contribution in [0.2, 0.25) is 0 Å². The number of nitrogens with two attached hydrogens (primary N) is 1. The van der Waals surface area contributed by atoms with Crippen LogP contribution in [0.4, 0.5) is 11.4 Å². The highest BCUT2D eigenvalue weighted by molar-refractivity contribution is 6.02. The molecule has 104 valence electrons. The van der Waals surface area contributed by atoms with Crippen LogP contribution in [0.3, 0.4) is 0 Å². The van der Waals surface area contributed by atoms with Crippen molar-refractivity contribution in [1.29, 1.82) is 0 Å². The van der Waals surface area contributed by atoms with Gasteiger partial charge in [0.1, 0.15) is 11.9 Å². The Kier molecular flexibility index (Phi) is 2.94. The van der Waals surface area contributed by atoms with Gasteiger partial charge in [-0.25, -0.2) is 4.98 Å². The minimum absolute atomic E-state index is 0.149. The standard InChI is InChI=1S/C14H17N5O/c1-18-6-5-16-12(18)8-19(2)9-3-4-10-11(7-9)17-14(20)13(10)15/h3-7,13H,8,15H2,1-2H3,(H,17,20). The van der Waals surface area contributed by atoms with Crippen LogP contribution in [-0.2, 0) is 18.4 Å². The van der Waals surface area contributed by atoms with Gasteiger partial charge in [-0.2, -0.15) is 0 Å². The maximum atomic E-state index is 11.6. The van der Waals surface area contributed by atoms with Crippen LogP contribution >= 0.6 is 0 Å². The van der Waals surface area contributed by atoms with Crippen LogP contribution in [0.5, 0.6) is 0 Å². The molecule has 0 saturated carbocycles. The van der Waals surface area contributed by atoms with Crippen molar-refractivity contribution in [2.75, 3.05) is 17.3 Å². The second kappa shape index (κ2) is 4.64. The van der Waals surface area contributed by atoms with E-state index in [1.807, 2.05) is 43.1 Å². The summed E-state index contributed by atoms with van der Waals surface area (Å²) in [4.78, 5) is 17.9. The number of hydrogen-bond acceptors (Lipinski definition) is 4. The summed E-state index contributed by atoms with van der Waals surface area (Å²) in [6.45, 7) is 0.697. The van der Waals surface area contributed by atoms with Gasteiger partial charge in [0.15, 0.2) is 0 Å². The third-order valence-corrected chi connectivity index (χ3v) is 3.65. The summed E-state index contributed by atoms with van der Waals surface area (Å²) in [6, 6.07) is 5.27. The molecule has 1 aromatic heterocycles. The lowest BCUT2D eigenvalue weighted by Crippen LogP contribution is -2.19. The number of fused-ring (bicyclic) bond motifs is 1. The van der Waals surface area contributed by atoms with Gasteiger partial charge >= 0.3 is 0 Å². The number of imidazole rings is 1. The number of nitrogens with one attached hydrogen (secondary N) is 1. The van der Waals surface area contributed by atoms with Gasteiger partial charge in [-0.05, 0) is 12.1 Å². The van der Waals surface area contributed by atoms with E-state index in [2.05, 4.69) is 15.2 Å². The molecule has 0 spiro atoms. The van der Waals surface area contributed by atoms with Gasteiger partial charge in [0.25, 0.3) is 0 Å². The van der Waals surface area contributed by atoms with Gasteiger partial charge in [-0.3, -0.25) is 4.79 Å². The summed E-state index contributed by atoms with van der Waals surface area (Å²) in [6.07, 6.45) is 3.70. The van der Waals surface area contributed by atoms with Crippen molar-refractivity contribution in [2.24, 2.45) is 12.8 Å². The third-order valence-electron chi connectivity index (χ3n) is 3.65. The number of carbonyl (C=O) groups is 1. The molecule has 20 heavy (non-hydrogen) atoms. The number of benzene rings is 1. The Morgan fingerprint density at radius 2 is 2.30 bits per heavy atom. The van der Waals surface area contributed by atoms with Gasteiger partial charge in [-0.15, -0.1) is 0 Å². The smallest absolute Gasteiger partial charge is 0.245 e. The third kappa shape index (κ3) is 2.04. The fourth-order valence-corrected chi connectivity index (χ4v) is 2.37. The van der Waals surface area contributed by atoms with E-state index in [-0.39, 0.29) is 5.91 Å². The lowest BCUT2D eigenvalue weighted by molar-refractivity contribution is -0.116. The molecule has 1 aliphatic heterocycles. The molecule has 3 rings (SSSR count). The van der Waals surface area contributed by atoms with Crippen LogP contribution in [0, 0.1) is 0 Å². The lowest BCUT2D eigenvalue weighted by atomic mass is 10.1. The van der Waals surface area contributed by atoms with Gasteiger partial charge in [-0.1, -0.05) is 6.07 Å². The highest BCUT2D eigenvalue weighted by Crippen LogP contribution is 2.32. The van der Waals surface area contributed by atoms with Crippen molar-refractivity contribution in [2.45, 2.75) is 12.6 Å². The maximum absolute atomic E-state index is 11.6. The summed E-state index contributed by atoms with van der Waals surface area (Å²) in [5.74, 6) is 0.831. The molecule has 1 aliphatic rings. The molecule has 1 aromatic carbocycles. The van der Waals surface area contributed by atoms with Crippen molar-refractivity contribution in [3.05, 3.63) is 42.0 Å². The highest BCUT2D eigenvalue weighted by atomic mass is 16.2. The second-order valence-electron chi connectivity index (χ2n) is 5.05. The number of anilines is 2. The zero-order valence-electron chi connectivity index (χ0n) is 11.5. The van der Waals surface area contributed by atoms with E-state index in [9.17, 15) is 4.79 Å². The van der Waals surface area contributed by atoms with E-state index >= 15 is 0 Å². The van der Waals surface area contributed by atoms with Crippen molar-refractivity contribution in [1.82, 2.24) is 9.55 Å². The molecule has 2 heterocycles. The Labute approximate surface area is 117 Å². The Balaban J connectivity index is 1.83. The van der Waals surface area contributed by atoms with Crippen LogP contribution in [0.1, 0.15) is 17.4 Å². The Bertz CT molecular complexity index is 663. The van der Waals surface area contributed by atoms with E-state index < -0.39 is 6.04 Å². The quantitative estimate of drug-likeness (QED) is 0.873. The first-order valence-electron chi connectivity index (χ1n) is 6.44. The van der Waals surface area contributed by atoms with E-state index in [1.54, 1.807) is 6.20 Å². The summed E-state index contributed by atoms with van der Waals surface area (Å²) >= 11 is 0. The first kappa shape index (κ1) is 12.7. The number of carbonyl (C=O) groups excluding carboxylic acids is 1. The number of nitrogens with zero attached hydrogens (tertiary/aromatic N) is 3. The number of rotatable bonds is 3. The van der Waals surface area contributed by atoms with Gasteiger partial charge in [0.2, 0.25) is 5.91 Å². The Morgan fingerprint density at radius 3 is 3.00 bits per heavy atom. The highest BCUT2D eigenvalue weighted by Gasteiger charge is 2.27. The first-order valence-corrected chi connectivity index (χ1v) is 6.44. The van der Waals surface area contributed by atoms with Crippen LogP contribution in [0.15, 0.2) is 30.6 Å². The van der Waals surface area contributed by atoms with E-state index in [0.717, 1.165) is 22.8 Å². The molecule has 2 aromatic rings. The molecule has 1 atom stereocenters. The normalized spacial score (nSPS) is 16.9. The Morgan fingerprint density at radius 1 is 1.50 bits per heavy atom. The summed E-state index contributed by atoms with van der Waals surface area (Å²) < 4.78 is 1.99. The van der Waals surface area contributed by atoms with Crippen LogP contribution < -0.4 is 16.0 Å². The van der Waals surface area contributed by atoms with E-state index in [0.29, 0.717) is 6.54 Å². The average Bonchev–Trinajstić information content (AvgIpc) is 2.95. The zero-order chi connectivity index (χ0) is 14.3. The van der Waals surface area contributed by atoms with Crippen LogP contribution in [0.25, 0.3) is 0 Å². The number of aromatic nitrogens is 2. The summed E-state index contributed by atoms with van der Waals surface area (Å²) in [5.41, 5.74) is 8.47. The predicted molar refractivity (Wildman–Crippen MR) is 77.3 cm³/mol. The van der Waals surface area contributed by atoms with Crippen LogP contribution in [-0.4, -0.2) is 22.5 Å². The van der Waals surface area contributed by atoms with Gasteiger partial charge in [0.05, 0.1) is 6.54 Å². The number of aryl methyl sites for hydroxylation is 1. The fraction of sp³-hybridized carbons (Fsp3) is 0.286. The molecule has 1 amide bonds. The molecule has 6 nitrogen and oxygen atoms in total. The van der Waals surface area contributed by atoms with Gasteiger partial charge < -0.3 is 20.5 Å². The largest absolute Gasteiger partial charge is 0.367 e. The molecule has 0 fully saturated rings. The minimum Gasteiger partial charge on any atom is -0.367 e. The first-order chi connectivity index (χ1) is 9.56. The number of amides is 1. The molecule has 1 unspecified atom stereocenters. The molecule has 6 heteroatoms. The van der Waals surface area contributed by atoms with E-state index in [1.165, 1.54) is 0 Å². The second-order valence-corrected chi connectivity index (χ2v) is 5.05. The van der Waals surface area contributed by atoms with Crippen molar-refractivity contribution in [3.8, 4) is 0 Å². The molecule has 0 radical (unpaired) electrons. The van der Waals surface area contributed by atoms with E-state index in [4.69, 9.17) is 5.73 Å². The average molecular weight is 271 g/mol.